The Morgan fingerprint density at radius 1 is 1.48 bits per heavy atom. The third-order valence-corrected chi connectivity index (χ3v) is 5.16. The summed E-state index contributed by atoms with van der Waals surface area (Å²) in [6, 6.07) is 5.20. The minimum atomic E-state index is -4.02. The number of nitro benzene ring substituents is 1. The van der Waals surface area contributed by atoms with Crippen molar-refractivity contribution in [3.8, 4) is 6.07 Å². The van der Waals surface area contributed by atoms with Crippen molar-refractivity contribution in [2.75, 3.05) is 12.3 Å². The first-order chi connectivity index (χ1) is 9.87. The van der Waals surface area contributed by atoms with Crippen LogP contribution in [0.25, 0.3) is 0 Å². The summed E-state index contributed by atoms with van der Waals surface area (Å²) in [6.07, 6.45) is 1.44. The summed E-state index contributed by atoms with van der Waals surface area (Å²) in [5.74, 6) is 0. The standard InChI is InChI=1S/C12H14N4O4S/c13-6-1-7-15(10-3-4-10)21(19,20)12-5-2-9(14)8-11(12)16(17)18/h2,5,8,10H,1,3-4,7,14H2. The highest BCUT2D eigenvalue weighted by Gasteiger charge is 2.40. The average Bonchev–Trinajstić information content (AvgIpc) is 3.23. The highest BCUT2D eigenvalue weighted by molar-refractivity contribution is 7.89. The van der Waals surface area contributed by atoms with Gasteiger partial charge < -0.3 is 5.73 Å². The highest BCUT2D eigenvalue weighted by Crippen LogP contribution is 2.35. The summed E-state index contributed by atoms with van der Waals surface area (Å²) < 4.78 is 26.4. The lowest BCUT2D eigenvalue weighted by molar-refractivity contribution is -0.387. The quantitative estimate of drug-likeness (QED) is 0.478. The molecule has 0 aliphatic heterocycles. The fourth-order valence-corrected chi connectivity index (χ4v) is 3.87. The molecule has 1 aliphatic rings. The summed E-state index contributed by atoms with van der Waals surface area (Å²) in [5.41, 5.74) is 5.06. The maximum atomic E-state index is 12.6. The summed E-state index contributed by atoms with van der Waals surface area (Å²) in [6.45, 7) is 0.0328. The van der Waals surface area contributed by atoms with Crippen LogP contribution in [0.2, 0.25) is 0 Å². The molecular weight excluding hydrogens is 296 g/mol. The van der Waals surface area contributed by atoms with E-state index in [0.717, 1.165) is 12.1 Å². The number of nitrogens with zero attached hydrogens (tertiary/aromatic N) is 3. The molecule has 0 radical (unpaired) electrons. The topological polar surface area (TPSA) is 130 Å². The molecular formula is C12H14N4O4S. The van der Waals surface area contributed by atoms with Crippen LogP contribution < -0.4 is 5.73 Å². The van der Waals surface area contributed by atoms with Gasteiger partial charge in [0.2, 0.25) is 10.0 Å². The first kappa shape index (κ1) is 15.2. The molecule has 1 aromatic rings. The van der Waals surface area contributed by atoms with Gasteiger partial charge in [0.25, 0.3) is 5.69 Å². The van der Waals surface area contributed by atoms with Gasteiger partial charge in [-0.3, -0.25) is 10.1 Å². The summed E-state index contributed by atoms with van der Waals surface area (Å²) in [7, 11) is -4.02. The minimum Gasteiger partial charge on any atom is -0.399 e. The van der Waals surface area contributed by atoms with Crippen LogP contribution in [-0.2, 0) is 10.0 Å². The van der Waals surface area contributed by atoms with Crippen molar-refractivity contribution in [2.24, 2.45) is 0 Å². The summed E-state index contributed by atoms with van der Waals surface area (Å²) >= 11 is 0. The number of nitrogens with two attached hydrogens (primary N) is 1. The van der Waals surface area contributed by atoms with E-state index in [0.29, 0.717) is 12.8 Å². The second-order valence-electron chi connectivity index (χ2n) is 4.74. The van der Waals surface area contributed by atoms with E-state index < -0.39 is 20.6 Å². The Morgan fingerprint density at radius 3 is 2.67 bits per heavy atom. The minimum absolute atomic E-state index is 0.0328. The lowest BCUT2D eigenvalue weighted by atomic mass is 10.3. The van der Waals surface area contributed by atoms with Crippen LogP contribution >= 0.6 is 0 Å². The van der Waals surface area contributed by atoms with Gasteiger partial charge in [0, 0.05) is 30.8 Å². The molecule has 0 saturated heterocycles. The first-order valence-electron chi connectivity index (χ1n) is 6.30. The molecule has 2 N–H and O–H groups in total. The number of benzene rings is 1. The number of nitro groups is 1. The van der Waals surface area contributed by atoms with E-state index in [9.17, 15) is 18.5 Å². The van der Waals surface area contributed by atoms with Crippen LogP contribution in [0.4, 0.5) is 11.4 Å². The number of rotatable bonds is 6. The van der Waals surface area contributed by atoms with Gasteiger partial charge in [-0.1, -0.05) is 0 Å². The average molecular weight is 310 g/mol. The molecule has 0 bridgehead atoms. The van der Waals surface area contributed by atoms with Crippen LogP contribution in [0.15, 0.2) is 23.1 Å². The summed E-state index contributed by atoms with van der Waals surface area (Å²) in [4.78, 5) is 9.91. The summed E-state index contributed by atoms with van der Waals surface area (Å²) in [5, 5.41) is 19.7. The zero-order valence-corrected chi connectivity index (χ0v) is 11.9. The van der Waals surface area contributed by atoms with E-state index in [1.165, 1.54) is 10.4 Å². The molecule has 9 heteroatoms. The fraction of sp³-hybridized carbons (Fsp3) is 0.417. The van der Waals surface area contributed by atoms with Gasteiger partial charge in [0.05, 0.1) is 11.0 Å². The highest BCUT2D eigenvalue weighted by atomic mass is 32.2. The van der Waals surface area contributed by atoms with E-state index in [4.69, 9.17) is 11.0 Å². The maximum absolute atomic E-state index is 12.6. The van der Waals surface area contributed by atoms with Crippen molar-refractivity contribution in [1.29, 1.82) is 5.26 Å². The number of hydrogen-bond acceptors (Lipinski definition) is 6. The number of hydrogen-bond donors (Lipinski definition) is 1. The molecule has 0 atom stereocenters. The van der Waals surface area contributed by atoms with E-state index in [1.54, 1.807) is 0 Å². The van der Waals surface area contributed by atoms with Gasteiger partial charge in [-0.25, -0.2) is 8.42 Å². The van der Waals surface area contributed by atoms with Crippen molar-refractivity contribution in [2.45, 2.75) is 30.2 Å². The van der Waals surface area contributed by atoms with Crippen molar-refractivity contribution in [1.82, 2.24) is 4.31 Å². The van der Waals surface area contributed by atoms with E-state index in [-0.39, 0.29) is 29.6 Å². The van der Waals surface area contributed by atoms with Crippen LogP contribution in [0.1, 0.15) is 19.3 Å². The Kier molecular flexibility index (Phi) is 4.11. The Labute approximate surface area is 122 Å². The zero-order chi connectivity index (χ0) is 15.6. The SMILES string of the molecule is N#CCCN(C1CC1)S(=O)(=O)c1ccc(N)cc1[N+](=O)[O-]. The molecule has 0 heterocycles. The Bertz CT molecular complexity index is 706. The number of anilines is 1. The molecule has 0 unspecified atom stereocenters. The Balaban J connectivity index is 2.47. The largest absolute Gasteiger partial charge is 0.399 e. The molecule has 0 spiro atoms. The predicted molar refractivity (Wildman–Crippen MR) is 74.7 cm³/mol. The van der Waals surface area contributed by atoms with Crippen molar-refractivity contribution in [3.63, 3.8) is 0 Å². The smallest absolute Gasteiger partial charge is 0.291 e. The zero-order valence-electron chi connectivity index (χ0n) is 11.1. The van der Waals surface area contributed by atoms with Crippen molar-refractivity contribution < 1.29 is 13.3 Å². The molecule has 8 nitrogen and oxygen atoms in total. The molecule has 1 fully saturated rings. The van der Waals surface area contributed by atoms with E-state index in [1.807, 2.05) is 6.07 Å². The van der Waals surface area contributed by atoms with Crippen molar-refractivity contribution in [3.05, 3.63) is 28.3 Å². The van der Waals surface area contributed by atoms with Crippen molar-refractivity contribution >= 4 is 21.4 Å². The van der Waals surface area contributed by atoms with Crippen LogP contribution in [-0.4, -0.2) is 30.2 Å². The van der Waals surface area contributed by atoms with Gasteiger partial charge in [-0.2, -0.15) is 9.57 Å². The maximum Gasteiger partial charge on any atom is 0.291 e. The fourth-order valence-electron chi connectivity index (χ4n) is 2.04. The molecule has 1 aliphatic carbocycles. The predicted octanol–water partition coefficient (Wildman–Crippen LogP) is 1.24. The van der Waals surface area contributed by atoms with Gasteiger partial charge in [0.15, 0.2) is 4.90 Å². The third-order valence-electron chi connectivity index (χ3n) is 3.16. The molecule has 0 amide bonds. The second-order valence-corrected chi connectivity index (χ2v) is 6.60. The Morgan fingerprint density at radius 2 is 2.14 bits per heavy atom. The molecule has 1 aromatic carbocycles. The van der Waals surface area contributed by atoms with Crippen LogP contribution in [0.3, 0.4) is 0 Å². The third kappa shape index (κ3) is 3.12. The molecule has 2 rings (SSSR count). The molecule has 1 saturated carbocycles. The van der Waals surface area contributed by atoms with Crippen LogP contribution in [0.5, 0.6) is 0 Å². The van der Waals surface area contributed by atoms with Gasteiger partial charge in [-0.15, -0.1) is 0 Å². The first-order valence-corrected chi connectivity index (χ1v) is 7.74. The normalized spacial score (nSPS) is 14.9. The van der Waals surface area contributed by atoms with E-state index >= 15 is 0 Å². The van der Waals surface area contributed by atoms with Gasteiger partial charge >= 0.3 is 0 Å². The monoisotopic (exact) mass is 310 g/mol. The lowest BCUT2D eigenvalue weighted by Crippen LogP contribution is -2.34. The van der Waals surface area contributed by atoms with Crippen LogP contribution in [0, 0.1) is 21.4 Å². The molecule has 21 heavy (non-hydrogen) atoms. The van der Waals surface area contributed by atoms with E-state index in [2.05, 4.69) is 0 Å². The number of nitrogen functional groups attached to an aromatic ring is 1. The molecule has 0 aromatic heterocycles. The lowest BCUT2D eigenvalue weighted by Gasteiger charge is -2.20. The second kappa shape index (κ2) is 5.67. The number of nitriles is 1. The molecule has 112 valence electrons. The Hall–Kier alpha value is -2.18. The van der Waals surface area contributed by atoms with Gasteiger partial charge in [-0.05, 0) is 25.0 Å². The number of sulfonamides is 1. The van der Waals surface area contributed by atoms with Gasteiger partial charge in [0.1, 0.15) is 0 Å².